The van der Waals surface area contributed by atoms with Crippen LogP contribution in [0, 0.1) is 5.41 Å². The summed E-state index contributed by atoms with van der Waals surface area (Å²) in [4.78, 5) is 10.1. The summed E-state index contributed by atoms with van der Waals surface area (Å²) in [6, 6.07) is 5.89. The molecular weight excluding hydrogens is 411 g/mol. The fourth-order valence-corrected chi connectivity index (χ4v) is 6.07. The van der Waals surface area contributed by atoms with Gasteiger partial charge < -0.3 is 11.5 Å². The van der Waals surface area contributed by atoms with Crippen LogP contribution < -0.4 is 11.5 Å². The summed E-state index contributed by atoms with van der Waals surface area (Å²) in [5.41, 5.74) is 14.1. The molecule has 0 radical (unpaired) electrons. The first-order chi connectivity index (χ1) is 13.5. The summed E-state index contributed by atoms with van der Waals surface area (Å²) in [6.07, 6.45) is 11.6. The van der Waals surface area contributed by atoms with Crippen molar-refractivity contribution in [2.75, 3.05) is 5.73 Å². The molecule has 1 heterocycles. The van der Waals surface area contributed by atoms with Gasteiger partial charge in [-0.15, -0.1) is 0 Å². The van der Waals surface area contributed by atoms with Crippen LogP contribution in [0.1, 0.15) is 63.0 Å². The highest BCUT2D eigenvalue weighted by Gasteiger charge is 2.42. The lowest BCUT2D eigenvalue weighted by Gasteiger charge is -2.47. The molecule has 0 amide bonds. The lowest BCUT2D eigenvalue weighted by Crippen LogP contribution is -2.46. The molecule has 0 aliphatic heterocycles. The molecule has 4 N–H and O–H groups in total. The van der Waals surface area contributed by atoms with E-state index in [0.29, 0.717) is 38.3 Å². The van der Waals surface area contributed by atoms with Gasteiger partial charge in [-0.25, -0.2) is 9.97 Å². The Balaban J connectivity index is 1.46. The molecule has 1 unspecified atom stereocenters. The maximum absolute atomic E-state index is 6.50. The molecule has 4 nitrogen and oxygen atoms in total. The Hall–Kier alpha value is -1.01. The molecule has 4 rings (SSSR count). The van der Waals surface area contributed by atoms with Crippen LogP contribution in [0.3, 0.4) is 0 Å². The minimum absolute atomic E-state index is 0.354. The Morgan fingerprint density at radius 2 is 1.86 bits per heavy atom. The van der Waals surface area contributed by atoms with Gasteiger partial charge in [0.15, 0.2) is 5.82 Å². The number of halogens is 2. The Morgan fingerprint density at radius 1 is 1.07 bits per heavy atom. The number of nitrogens with two attached hydrogens (primary N) is 2. The summed E-state index contributed by atoms with van der Waals surface area (Å²) in [7, 11) is 0. The van der Waals surface area contributed by atoms with Crippen LogP contribution in [0.4, 0.5) is 5.82 Å². The fraction of sp³-hybridized carbons (Fsp3) is 0.524. The molecule has 2 fully saturated rings. The van der Waals surface area contributed by atoms with Gasteiger partial charge in [-0.3, -0.25) is 0 Å². The van der Waals surface area contributed by atoms with Gasteiger partial charge in [-0.2, -0.15) is 0 Å². The normalized spacial score (nSPS) is 27.8. The Labute approximate surface area is 180 Å². The Bertz CT molecular complexity index is 852. The number of hydrogen-bond acceptors (Lipinski definition) is 5. The third-order valence-electron chi connectivity index (χ3n) is 6.53. The Morgan fingerprint density at radius 3 is 2.57 bits per heavy atom. The smallest absolute Gasteiger partial charge is 0.156 e. The molecule has 1 spiro atoms. The highest BCUT2D eigenvalue weighted by molar-refractivity contribution is 7.99. The lowest BCUT2D eigenvalue weighted by molar-refractivity contribution is 0.0870. The average molecular weight is 437 g/mol. The van der Waals surface area contributed by atoms with Crippen molar-refractivity contribution in [1.82, 2.24) is 9.97 Å². The van der Waals surface area contributed by atoms with Crippen LogP contribution in [-0.4, -0.2) is 16.0 Å². The minimum atomic E-state index is 0.354. The van der Waals surface area contributed by atoms with E-state index in [1.54, 1.807) is 6.07 Å². The monoisotopic (exact) mass is 436 g/mol. The number of benzene rings is 1. The molecule has 2 saturated carbocycles. The van der Waals surface area contributed by atoms with Crippen molar-refractivity contribution in [3.8, 4) is 0 Å². The van der Waals surface area contributed by atoms with Gasteiger partial charge >= 0.3 is 0 Å². The number of rotatable bonds is 3. The number of anilines is 1. The predicted octanol–water partition coefficient (Wildman–Crippen LogP) is 6.06. The van der Waals surface area contributed by atoms with Crippen molar-refractivity contribution in [2.24, 2.45) is 11.1 Å². The molecule has 2 aromatic rings. The van der Waals surface area contributed by atoms with Crippen LogP contribution in [0.2, 0.25) is 10.0 Å². The van der Waals surface area contributed by atoms with E-state index < -0.39 is 0 Å². The molecule has 150 valence electrons. The van der Waals surface area contributed by atoms with Gasteiger partial charge in [0, 0.05) is 16.9 Å². The van der Waals surface area contributed by atoms with Crippen molar-refractivity contribution in [3.05, 3.63) is 40.1 Å². The molecule has 1 aromatic carbocycles. The van der Waals surface area contributed by atoms with Crippen molar-refractivity contribution in [1.29, 1.82) is 0 Å². The van der Waals surface area contributed by atoms with Crippen molar-refractivity contribution in [2.45, 2.75) is 73.2 Å². The SMILES string of the molecule is Nc1nc(C2CCC3(CCCCC3N)CC2)cnc1Sc1cccc(Cl)c1Cl. The van der Waals surface area contributed by atoms with Crippen LogP contribution >= 0.6 is 35.0 Å². The van der Waals surface area contributed by atoms with Gasteiger partial charge in [0.05, 0.1) is 21.9 Å². The van der Waals surface area contributed by atoms with Gasteiger partial charge in [-0.1, -0.05) is 53.9 Å². The predicted molar refractivity (Wildman–Crippen MR) is 117 cm³/mol. The second kappa shape index (κ2) is 8.39. The summed E-state index contributed by atoms with van der Waals surface area (Å²) in [6.45, 7) is 0. The number of aromatic nitrogens is 2. The van der Waals surface area contributed by atoms with E-state index in [1.165, 1.54) is 50.3 Å². The topological polar surface area (TPSA) is 77.8 Å². The van der Waals surface area contributed by atoms with Crippen LogP contribution in [0.15, 0.2) is 34.3 Å². The van der Waals surface area contributed by atoms with Crippen molar-refractivity contribution < 1.29 is 0 Å². The quantitative estimate of drug-likeness (QED) is 0.610. The molecule has 0 bridgehead atoms. The summed E-state index contributed by atoms with van der Waals surface area (Å²) in [5, 5.41) is 1.70. The van der Waals surface area contributed by atoms with Gasteiger partial charge in [0.1, 0.15) is 5.03 Å². The molecule has 28 heavy (non-hydrogen) atoms. The van der Waals surface area contributed by atoms with Gasteiger partial charge in [0.2, 0.25) is 0 Å². The zero-order chi connectivity index (χ0) is 19.7. The second-order valence-corrected chi connectivity index (χ2v) is 9.94. The maximum atomic E-state index is 6.50. The molecule has 2 aliphatic carbocycles. The van der Waals surface area contributed by atoms with Crippen LogP contribution in [0.5, 0.6) is 0 Å². The first kappa shape index (κ1) is 20.3. The van der Waals surface area contributed by atoms with E-state index >= 15 is 0 Å². The van der Waals surface area contributed by atoms with E-state index in [-0.39, 0.29) is 0 Å². The van der Waals surface area contributed by atoms with Crippen LogP contribution in [0.25, 0.3) is 0 Å². The van der Waals surface area contributed by atoms with Crippen molar-refractivity contribution in [3.63, 3.8) is 0 Å². The summed E-state index contributed by atoms with van der Waals surface area (Å²) in [5.74, 6) is 0.872. The number of nitrogens with zero attached hydrogens (tertiary/aromatic N) is 2. The molecular formula is C21H26Cl2N4S. The third kappa shape index (κ3) is 4.00. The molecule has 1 aromatic heterocycles. The zero-order valence-corrected chi connectivity index (χ0v) is 18.2. The first-order valence-corrected chi connectivity index (χ1v) is 11.6. The highest BCUT2D eigenvalue weighted by Crippen LogP contribution is 2.50. The van der Waals surface area contributed by atoms with E-state index in [4.69, 9.17) is 34.7 Å². The Kier molecular flexibility index (Phi) is 6.07. The largest absolute Gasteiger partial charge is 0.381 e. The van der Waals surface area contributed by atoms with Gasteiger partial charge in [-0.05, 0) is 56.1 Å². The molecule has 7 heteroatoms. The minimum Gasteiger partial charge on any atom is -0.381 e. The highest BCUT2D eigenvalue weighted by atomic mass is 35.5. The van der Waals surface area contributed by atoms with E-state index in [1.807, 2.05) is 18.3 Å². The van der Waals surface area contributed by atoms with E-state index in [2.05, 4.69) is 9.97 Å². The molecule has 0 saturated heterocycles. The molecule has 1 atom stereocenters. The number of hydrogen-bond donors (Lipinski definition) is 2. The number of nitrogen functional groups attached to an aromatic ring is 1. The average Bonchev–Trinajstić information content (AvgIpc) is 2.70. The lowest BCUT2D eigenvalue weighted by atomic mass is 9.60. The molecule has 2 aliphatic rings. The maximum Gasteiger partial charge on any atom is 0.156 e. The zero-order valence-electron chi connectivity index (χ0n) is 15.8. The van der Waals surface area contributed by atoms with Crippen LogP contribution in [-0.2, 0) is 0 Å². The van der Waals surface area contributed by atoms with E-state index in [9.17, 15) is 0 Å². The summed E-state index contributed by atoms with van der Waals surface area (Å²) < 4.78 is 0. The fourth-order valence-electron chi connectivity index (χ4n) is 4.79. The first-order valence-electron chi connectivity index (χ1n) is 9.98. The standard InChI is InChI=1S/C21H26Cl2N4S/c22-14-4-3-5-16(18(14)23)28-20-19(25)27-15(12-26-20)13-7-10-21(11-8-13)9-2-1-6-17(21)24/h3-5,12-13,17H,1-2,6-11,24H2,(H2,25,27). The summed E-state index contributed by atoms with van der Waals surface area (Å²) >= 11 is 13.8. The van der Waals surface area contributed by atoms with Crippen molar-refractivity contribution >= 4 is 40.8 Å². The van der Waals surface area contributed by atoms with E-state index in [0.717, 1.165) is 23.4 Å². The third-order valence-corrected chi connectivity index (χ3v) is 8.53. The van der Waals surface area contributed by atoms with Gasteiger partial charge in [0.25, 0.3) is 0 Å². The second-order valence-electron chi connectivity index (χ2n) is 8.13.